The highest BCUT2D eigenvalue weighted by molar-refractivity contribution is 6.36. The summed E-state index contributed by atoms with van der Waals surface area (Å²) in [5.74, 6) is 0. The Balaban J connectivity index is 2.38. The Kier molecular flexibility index (Phi) is 3.42. The van der Waals surface area contributed by atoms with Gasteiger partial charge in [-0.1, -0.05) is 24.3 Å². The van der Waals surface area contributed by atoms with E-state index in [2.05, 4.69) is 79.7 Å². The molecule has 0 heterocycles. The lowest BCUT2D eigenvalue weighted by Crippen LogP contribution is -1.99. The van der Waals surface area contributed by atoms with Crippen molar-refractivity contribution in [1.29, 1.82) is 0 Å². The molecule has 0 nitrogen and oxygen atoms in total. The molecule has 0 fully saturated rings. The quantitative estimate of drug-likeness (QED) is 0.192. The topological polar surface area (TPSA) is 0 Å². The molecule has 0 aromatic heterocycles. The van der Waals surface area contributed by atoms with Crippen LogP contribution in [0.15, 0.2) is 24.3 Å². The van der Waals surface area contributed by atoms with Crippen molar-refractivity contribution in [3.63, 3.8) is 0 Å². The van der Waals surface area contributed by atoms with Gasteiger partial charge in [-0.05, 0) is 143 Å². The van der Waals surface area contributed by atoms with Gasteiger partial charge in [0.15, 0.2) is 0 Å². The van der Waals surface area contributed by atoms with Crippen LogP contribution in [-0.2, 0) is 0 Å². The summed E-state index contributed by atoms with van der Waals surface area (Å²) in [4.78, 5) is 0. The lowest BCUT2D eigenvalue weighted by Gasteiger charge is -2.24. The Bertz CT molecular complexity index is 1240. The van der Waals surface area contributed by atoms with Crippen LogP contribution >= 0.6 is 0 Å². The number of fused-ring (bicyclic) bond motifs is 2. The van der Waals surface area contributed by atoms with E-state index in [1.165, 1.54) is 87.6 Å². The molecule has 0 bridgehead atoms. The summed E-state index contributed by atoms with van der Waals surface area (Å²) in [5, 5.41) is 11.7. The third-order valence-electron chi connectivity index (χ3n) is 6.89. The molecule has 0 unspecified atom stereocenters. The predicted molar refractivity (Wildman–Crippen MR) is 126 cm³/mol. The van der Waals surface area contributed by atoms with Crippen LogP contribution in [-0.4, -0.2) is 0 Å². The van der Waals surface area contributed by atoms with Gasteiger partial charge in [-0.2, -0.15) is 0 Å². The fourth-order valence-electron chi connectivity index (χ4n) is 6.11. The molecule has 0 radical (unpaired) electrons. The van der Waals surface area contributed by atoms with Crippen LogP contribution in [0.4, 0.5) is 0 Å². The van der Waals surface area contributed by atoms with Crippen molar-refractivity contribution >= 4 is 43.1 Å². The summed E-state index contributed by atoms with van der Waals surface area (Å²) < 4.78 is 0. The maximum atomic E-state index is 2.39. The monoisotopic (exact) mass is 364 g/mol. The Morgan fingerprint density at radius 2 is 0.429 bits per heavy atom. The van der Waals surface area contributed by atoms with Crippen molar-refractivity contribution in [2.45, 2.75) is 55.4 Å². The molecule has 0 N–H and O–H groups in total. The van der Waals surface area contributed by atoms with Gasteiger partial charge in [-0.15, -0.1) is 0 Å². The molecule has 0 saturated carbocycles. The van der Waals surface area contributed by atoms with Crippen molar-refractivity contribution in [2.24, 2.45) is 0 Å². The van der Waals surface area contributed by atoms with E-state index in [0.717, 1.165) is 0 Å². The normalized spacial score (nSPS) is 12.3. The molecule has 5 aromatic rings. The Morgan fingerprint density at radius 1 is 0.250 bits per heavy atom. The predicted octanol–water partition coefficient (Wildman–Crippen LogP) is 8.20. The van der Waals surface area contributed by atoms with E-state index in [1.807, 2.05) is 0 Å². The largest absolute Gasteiger partial charge is 0.0551 e. The Labute approximate surface area is 167 Å². The zero-order valence-corrected chi connectivity index (χ0v) is 18.3. The first-order valence-corrected chi connectivity index (χ1v) is 10.3. The number of hydrogen-bond acceptors (Lipinski definition) is 0. The van der Waals surface area contributed by atoms with Crippen molar-refractivity contribution in [2.75, 3.05) is 0 Å². The fourth-order valence-corrected chi connectivity index (χ4v) is 6.11. The van der Waals surface area contributed by atoms with E-state index in [9.17, 15) is 0 Å². The van der Waals surface area contributed by atoms with Crippen molar-refractivity contribution in [3.05, 3.63) is 68.8 Å². The smallest absolute Gasteiger partial charge is 0.00155 e. The van der Waals surface area contributed by atoms with Crippen molar-refractivity contribution < 1.29 is 0 Å². The molecule has 140 valence electrons. The van der Waals surface area contributed by atoms with Gasteiger partial charge >= 0.3 is 0 Å². The fraction of sp³-hybridized carbons (Fsp3) is 0.286. The van der Waals surface area contributed by atoms with Gasteiger partial charge in [0.1, 0.15) is 0 Å². The molecule has 0 aliphatic heterocycles. The van der Waals surface area contributed by atoms with Gasteiger partial charge in [0.2, 0.25) is 0 Å². The molecule has 0 saturated heterocycles. The lowest BCUT2D eigenvalue weighted by atomic mass is 9.79. The van der Waals surface area contributed by atoms with Crippen LogP contribution < -0.4 is 0 Å². The molecule has 28 heavy (non-hydrogen) atoms. The minimum absolute atomic E-state index is 1.39. The van der Waals surface area contributed by atoms with Gasteiger partial charge in [-0.3, -0.25) is 0 Å². The second-order valence-electron chi connectivity index (χ2n) is 9.04. The second kappa shape index (κ2) is 5.47. The highest BCUT2D eigenvalue weighted by Crippen LogP contribution is 2.47. The average molecular weight is 365 g/mol. The highest BCUT2D eigenvalue weighted by Gasteiger charge is 2.22. The first kappa shape index (κ1) is 17.5. The van der Waals surface area contributed by atoms with Crippen molar-refractivity contribution in [1.82, 2.24) is 0 Å². The van der Waals surface area contributed by atoms with Crippen LogP contribution in [0.5, 0.6) is 0 Å². The Hall–Kier alpha value is -2.60. The van der Waals surface area contributed by atoms with Gasteiger partial charge in [0, 0.05) is 0 Å². The van der Waals surface area contributed by atoms with E-state index in [-0.39, 0.29) is 0 Å². The first-order chi connectivity index (χ1) is 13.2. The van der Waals surface area contributed by atoms with Crippen LogP contribution in [0.2, 0.25) is 0 Å². The molecule has 0 heteroatoms. The van der Waals surface area contributed by atoms with E-state index in [4.69, 9.17) is 0 Å². The van der Waals surface area contributed by atoms with E-state index in [0.29, 0.717) is 0 Å². The standard InChI is InChI=1S/C28H28/c1-13-9-17(5)23-25-19(7)11-15(3)22-16(4)12-20(8)26(28(22)25)24-18(6)10-14(2)21(13)27(23)24/h9-12H,1-8H3. The third kappa shape index (κ3) is 1.96. The van der Waals surface area contributed by atoms with Crippen LogP contribution in [0.25, 0.3) is 43.1 Å². The average Bonchev–Trinajstić information content (AvgIpc) is 2.58. The summed E-state index contributed by atoms with van der Waals surface area (Å²) in [7, 11) is 0. The number of rotatable bonds is 0. The maximum Gasteiger partial charge on any atom is -0.00155 e. The van der Waals surface area contributed by atoms with Crippen LogP contribution in [0, 0.1) is 55.4 Å². The minimum atomic E-state index is 1.39. The first-order valence-electron chi connectivity index (χ1n) is 10.3. The number of hydrogen-bond donors (Lipinski definition) is 0. The SMILES string of the molecule is Cc1cc(C)c2c3c(C)cc(C)c4c(C)cc(C)c(c5c(C)cc(C)c1c25)c43. The zero-order valence-electron chi connectivity index (χ0n) is 18.3. The molecular formula is C28H28. The summed E-state index contributed by atoms with van der Waals surface area (Å²) in [6.45, 7) is 18.3. The molecule has 0 atom stereocenters. The summed E-state index contributed by atoms with van der Waals surface area (Å²) in [6.07, 6.45) is 0. The van der Waals surface area contributed by atoms with Gasteiger partial charge < -0.3 is 0 Å². The Morgan fingerprint density at radius 3 is 0.643 bits per heavy atom. The van der Waals surface area contributed by atoms with Gasteiger partial charge in [-0.25, -0.2) is 0 Å². The van der Waals surface area contributed by atoms with Gasteiger partial charge in [0.25, 0.3) is 0 Å². The van der Waals surface area contributed by atoms with E-state index in [1.54, 1.807) is 0 Å². The molecule has 0 aliphatic carbocycles. The molecule has 0 amide bonds. The minimum Gasteiger partial charge on any atom is -0.0551 e. The zero-order chi connectivity index (χ0) is 20.1. The summed E-state index contributed by atoms with van der Waals surface area (Å²) in [5.41, 5.74) is 11.2. The van der Waals surface area contributed by atoms with Crippen molar-refractivity contribution in [3.8, 4) is 0 Å². The summed E-state index contributed by atoms with van der Waals surface area (Å²) in [6, 6.07) is 9.57. The van der Waals surface area contributed by atoms with E-state index >= 15 is 0 Å². The number of benzene rings is 5. The van der Waals surface area contributed by atoms with E-state index < -0.39 is 0 Å². The summed E-state index contributed by atoms with van der Waals surface area (Å²) >= 11 is 0. The second-order valence-corrected chi connectivity index (χ2v) is 9.04. The number of aryl methyl sites for hydroxylation is 8. The molecule has 0 spiro atoms. The van der Waals surface area contributed by atoms with Crippen LogP contribution in [0.3, 0.4) is 0 Å². The molecular weight excluding hydrogens is 336 g/mol. The molecule has 5 aromatic carbocycles. The molecule has 0 aliphatic rings. The highest BCUT2D eigenvalue weighted by atomic mass is 14.2. The van der Waals surface area contributed by atoms with Crippen LogP contribution in [0.1, 0.15) is 44.5 Å². The molecule has 5 rings (SSSR count). The van der Waals surface area contributed by atoms with Gasteiger partial charge in [0.05, 0.1) is 0 Å². The third-order valence-corrected chi connectivity index (χ3v) is 6.89. The maximum absolute atomic E-state index is 2.39. The lowest BCUT2D eigenvalue weighted by molar-refractivity contribution is 1.39.